The van der Waals surface area contributed by atoms with E-state index in [4.69, 9.17) is 0 Å². The molecule has 0 aromatic carbocycles. The Morgan fingerprint density at radius 2 is 1.64 bits per heavy atom. The summed E-state index contributed by atoms with van der Waals surface area (Å²) in [5.41, 5.74) is 0. The van der Waals surface area contributed by atoms with Crippen molar-refractivity contribution in [2.75, 3.05) is 0 Å². The van der Waals surface area contributed by atoms with Crippen LogP contribution in [0, 0.1) is 11.8 Å². The summed E-state index contributed by atoms with van der Waals surface area (Å²) in [4.78, 5) is 0. The molecule has 0 nitrogen and oxygen atoms in total. The molecule has 11 heavy (non-hydrogen) atoms. The summed E-state index contributed by atoms with van der Waals surface area (Å²) in [6, 6.07) is 0. The third-order valence-corrected chi connectivity index (χ3v) is 2.53. The van der Waals surface area contributed by atoms with Crippen LogP contribution in [-0.2, 0) is 0 Å². The highest BCUT2D eigenvalue weighted by Crippen LogP contribution is 2.40. The van der Waals surface area contributed by atoms with Gasteiger partial charge in [0.25, 0.3) is 0 Å². The van der Waals surface area contributed by atoms with Gasteiger partial charge in [0.15, 0.2) is 0 Å². The molecule has 1 aliphatic carbocycles. The van der Waals surface area contributed by atoms with Gasteiger partial charge in [-0.15, -0.1) is 0 Å². The highest BCUT2D eigenvalue weighted by Gasteiger charge is 2.43. The van der Waals surface area contributed by atoms with Crippen molar-refractivity contribution in [2.24, 2.45) is 11.8 Å². The molecule has 1 rings (SSSR count). The Balaban J connectivity index is 2.55. The molecule has 0 N–H and O–H groups in total. The first-order chi connectivity index (χ1) is 5.02. The molecule has 0 bridgehead atoms. The highest BCUT2D eigenvalue weighted by atomic mass is 19.4. The van der Waals surface area contributed by atoms with Gasteiger partial charge in [-0.3, -0.25) is 0 Å². The van der Waals surface area contributed by atoms with Crippen molar-refractivity contribution < 1.29 is 13.2 Å². The van der Waals surface area contributed by atoms with E-state index >= 15 is 0 Å². The van der Waals surface area contributed by atoms with Crippen molar-refractivity contribution in [3.8, 4) is 0 Å². The SMILES string of the molecule is C[C@H]1CCCCC1C(F)(F)F. The van der Waals surface area contributed by atoms with Gasteiger partial charge in [0.1, 0.15) is 0 Å². The average molecular weight is 166 g/mol. The zero-order valence-electron chi connectivity index (χ0n) is 6.62. The second-order valence-electron chi connectivity index (χ2n) is 3.41. The lowest BCUT2D eigenvalue weighted by Crippen LogP contribution is -2.31. The highest BCUT2D eigenvalue weighted by molar-refractivity contribution is 4.77. The monoisotopic (exact) mass is 166 g/mol. The second-order valence-corrected chi connectivity index (χ2v) is 3.41. The molecular weight excluding hydrogens is 153 g/mol. The van der Waals surface area contributed by atoms with Gasteiger partial charge in [0, 0.05) is 0 Å². The van der Waals surface area contributed by atoms with Crippen LogP contribution < -0.4 is 0 Å². The summed E-state index contributed by atoms with van der Waals surface area (Å²) in [7, 11) is 0. The summed E-state index contributed by atoms with van der Waals surface area (Å²) < 4.78 is 36.6. The van der Waals surface area contributed by atoms with E-state index in [1.165, 1.54) is 0 Å². The summed E-state index contributed by atoms with van der Waals surface area (Å²) in [5.74, 6) is -1.19. The lowest BCUT2D eigenvalue weighted by molar-refractivity contribution is -0.194. The summed E-state index contributed by atoms with van der Waals surface area (Å²) in [5, 5.41) is 0. The Bertz CT molecular complexity index is 128. The Morgan fingerprint density at radius 3 is 2.00 bits per heavy atom. The molecule has 66 valence electrons. The fraction of sp³-hybridized carbons (Fsp3) is 1.00. The minimum Gasteiger partial charge on any atom is -0.171 e. The lowest BCUT2D eigenvalue weighted by atomic mass is 9.80. The summed E-state index contributed by atoms with van der Waals surface area (Å²) in [6.07, 6.45) is -1.17. The lowest BCUT2D eigenvalue weighted by Gasteiger charge is -2.30. The first-order valence-electron chi connectivity index (χ1n) is 4.08. The van der Waals surface area contributed by atoms with E-state index in [9.17, 15) is 13.2 Å². The van der Waals surface area contributed by atoms with E-state index in [-0.39, 0.29) is 5.92 Å². The predicted molar refractivity (Wildman–Crippen MR) is 37.2 cm³/mol. The van der Waals surface area contributed by atoms with E-state index < -0.39 is 12.1 Å². The Kier molecular flexibility index (Phi) is 2.45. The maximum atomic E-state index is 12.2. The molecular formula is C8H13F3. The predicted octanol–water partition coefficient (Wildman–Crippen LogP) is 3.38. The minimum atomic E-state index is -3.96. The third-order valence-electron chi connectivity index (χ3n) is 2.53. The zero-order valence-corrected chi connectivity index (χ0v) is 6.62. The molecule has 0 heterocycles. The van der Waals surface area contributed by atoms with Crippen molar-refractivity contribution in [1.29, 1.82) is 0 Å². The molecule has 1 saturated carbocycles. The van der Waals surface area contributed by atoms with Crippen molar-refractivity contribution >= 4 is 0 Å². The number of alkyl halides is 3. The van der Waals surface area contributed by atoms with Crippen LogP contribution >= 0.6 is 0 Å². The zero-order chi connectivity index (χ0) is 8.48. The Hall–Kier alpha value is -0.210. The van der Waals surface area contributed by atoms with Crippen molar-refractivity contribution in [3.05, 3.63) is 0 Å². The smallest absolute Gasteiger partial charge is 0.171 e. The average Bonchev–Trinajstić information content (AvgIpc) is 1.86. The van der Waals surface area contributed by atoms with E-state index in [1.807, 2.05) is 0 Å². The van der Waals surface area contributed by atoms with Crippen LogP contribution in [0.1, 0.15) is 32.6 Å². The van der Waals surface area contributed by atoms with Gasteiger partial charge in [-0.05, 0) is 12.3 Å². The minimum absolute atomic E-state index is 0.163. The van der Waals surface area contributed by atoms with Gasteiger partial charge in [-0.25, -0.2) is 0 Å². The van der Waals surface area contributed by atoms with Gasteiger partial charge in [-0.2, -0.15) is 13.2 Å². The van der Waals surface area contributed by atoms with Crippen LogP contribution in [-0.4, -0.2) is 6.18 Å². The number of hydrogen-bond acceptors (Lipinski definition) is 0. The number of rotatable bonds is 0. The first kappa shape index (κ1) is 8.88. The van der Waals surface area contributed by atoms with Crippen LogP contribution in [0.2, 0.25) is 0 Å². The summed E-state index contributed by atoms with van der Waals surface area (Å²) >= 11 is 0. The van der Waals surface area contributed by atoms with Crippen LogP contribution in [0.5, 0.6) is 0 Å². The molecule has 2 atom stereocenters. The summed E-state index contributed by atoms with van der Waals surface area (Å²) in [6.45, 7) is 1.71. The van der Waals surface area contributed by atoms with Crippen LogP contribution in [0.25, 0.3) is 0 Å². The number of halogens is 3. The van der Waals surface area contributed by atoms with Crippen LogP contribution in [0.15, 0.2) is 0 Å². The molecule has 0 aliphatic heterocycles. The van der Waals surface area contributed by atoms with Crippen LogP contribution in [0.4, 0.5) is 13.2 Å². The molecule has 0 amide bonds. The third kappa shape index (κ3) is 2.11. The maximum absolute atomic E-state index is 12.2. The molecule has 0 radical (unpaired) electrons. The standard InChI is InChI=1S/C8H13F3/c1-6-4-2-3-5-7(6)8(9,10)11/h6-7H,2-5H2,1H3/t6-,7?/m0/s1. The van der Waals surface area contributed by atoms with E-state index in [0.29, 0.717) is 6.42 Å². The maximum Gasteiger partial charge on any atom is 0.392 e. The van der Waals surface area contributed by atoms with Crippen molar-refractivity contribution in [1.82, 2.24) is 0 Å². The molecule has 1 aliphatic rings. The quantitative estimate of drug-likeness (QED) is 0.517. The first-order valence-corrected chi connectivity index (χ1v) is 4.08. The van der Waals surface area contributed by atoms with Crippen LogP contribution in [0.3, 0.4) is 0 Å². The van der Waals surface area contributed by atoms with Gasteiger partial charge < -0.3 is 0 Å². The normalized spacial score (nSPS) is 33.8. The van der Waals surface area contributed by atoms with Crippen molar-refractivity contribution in [2.45, 2.75) is 38.8 Å². The molecule has 3 heteroatoms. The second kappa shape index (κ2) is 3.03. The largest absolute Gasteiger partial charge is 0.392 e. The van der Waals surface area contributed by atoms with E-state index in [0.717, 1.165) is 19.3 Å². The molecule has 0 saturated heterocycles. The van der Waals surface area contributed by atoms with Gasteiger partial charge in [0.2, 0.25) is 0 Å². The van der Waals surface area contributed by atoms with Gasteiger partial charge in [0.05, 0.1) is 5.92 Å². The van der Waals surface area contributed by atoms with E-state index in [2.05, 4.69) is 0 Å². The molecule has 0 spiro atoms. The Labute approximate surface area is 64.8 Å². The molecule has 0 aromatic heterocycles. The van der Waals surface area contributed by atoms with Crippen molar-refractivity contribution in [3.63, 3.8) is 0 Å². The van der Waals surface area contributed by atoms with Gasteiger partial charge >= 0.3 is 6.18 Å². The fourth-order valence-corrected chi connectivity index (χ4v) is 1.80. The number of hydrogen-bond donors (Lipinski definition) is 0. The molecule has 1 fully saturated rings. The molecule has 0 aromatic rings. The topological polar surface area (TPSA) is 0 Å². The Morgan fingerprint density at radius 1 is 1.09 bits per heavy atom. The van der Waals surface area contributed by atoms with Gasteiger partial charge in [-0.1, -0.05) is 26.2 Å². The molecule has 1 unspecified atom stereocenters. The fourth-order valence-electron chi connectivity index (χ4n) is 1.80. The van der Waals surface area contributed by atoms with E-state index in [1.54, 1.807) is 6.92 Å².